The van der Waals surface area contributed by atoms with E-state index in [0.717, 1.165) is 25.7 Å². The highest BCUT2D eigenvalue weighted by Crippen LogP contribution is 2.23. The van der Waals surface area contributed by atoms with Crippen LogP contribution in [0, 0.1) is 0 Å². The van der Waals surface area contributed by atoms with E-state index >= 15 is 0 Å². The van der Waals surface area contributed by atoms with E-state index in [1.807, 2.05) is 0 Å². The topological polar surface area (TPSA) is 35.5 Å². The van der Waals surface area contributed by atoms with E-state index in [1.54, 1.807) is 31.4 Å². The predicted octanol–water partition coefficient (Wildman–Crippen LogP) is 3.50. The lowest BCUT2D eigenvalue weighted by molar-refractivity contribution is -0.0243. The first-order valence-corrected chi connectivity index (χ1v) is 7.00. The fraction of sp³-hybridized carbons (Fsp3) is 0.533. The molecule has 0 bridgehead atoms. The maximum Gasteiger partial charge on any atom is 0.188 e. The van der Waals surface area contributed by atoms with Crippen molar-refractivity contribution in [3.63, 3.8) is 0 Å². The Labute approximate surface area is 118 Å². The molecule has 0 spiro atoms. The number of halogens is 1. The summed E-state index contributed by atoms with van der Waals surface area (Å²) in [5, 5.41) is 0.572. The molecule has 0 N–H and O–H groups in total. The molecule has 19 heavy (non-hydrogen) atoms. The van der Waals surface area contributed by atoms with E-state index in [4.69, 9.17) is 21.1 Å². The third-order valence-corrected chi connectivity index (χ3v) is 3.74. The summed E-state index contributed by atoms with van der Waals surface area (Å²) in [6, 6.07) is 6.96. The molecule has 0 radical (unpaired) electrons. The van der Waals surface area contributed by atoms with Crippen molar-refractivity contribution in [3.05, 3.63) is 34.9 Å². The molecule has 2 rings (SSSR count). The van der Waals surface area contributed by atoms with Gasteiger partial charge in [0.15, 0.2) is 5.78 Å². The zero-order valence-electron chi connectivity index (χ0n) is 11.1. The third kappa shape index (κ3) is 4.30. The SMILES string of the molecule is COC1CCCC(OCC(=O)c2cccc(Cl)c2)C1. The number of benzene rings is 1. The standard InChI is InChI=1S/C15H19ClO3/c1-18-13-6-3-7-14(9-13)19-10-15(17)11-4-2-5-12(16)8-11/h2,4-5,8,13-14H,3,6-7,9-10H2,1H3. The molecule has 1 aromatic rings. The molecule has 104 valence electrons. The lowest BCUT2D eigenvalue weighted by atomic mass is 9.95. The van der Waals surface area contributed by atoms with Gasteiger partial charge in [-0.3, -0.25) is 4.79 Å². The number of ketones is 1. The second kappa shape index (κ2) is 7.04. The zero-order chi connectivity index (χ0) is 13.7. The van der Waals surface area contributed by atoms with E-state index in [2.05, 4.69) is 0 Å². The number of Topliss-reactive ketones (excluding diaryl/α,β-unsaturated/α-hetero) is 1. The molecule has 0 amide bonds. The Balaban J connectivity index is 1.83. The molecule has 1 aliphatic carbocycles. The van der Waals surface area contributed by atoms with Crippen LogP contribution in [-0.4, -0.2) is 31.7 Å². The van der Waals surface area contributed by atoms with Crippen molar-refractivity contribution >= 4 is 17.4 Å². The summed E-state index contributed by atoms with van der Waals surface area (Å²) in [7, 11) is 1.73. The minimum absolute atomic E-state index is 0.0259. The first-order valence-electron chi connectivity index (χ1n) is 6.62. The van der Waals surface area contributed by atoms with Gasteiger partial charge in [-0.2, -0.15) is 0 Å². The molecule has 1 aliphatic rings. The van der Waals surface area contributed by atoms with Crippen molar-refractivity contribution in [2.45, 2.75) is 37.9 Å². The average Bonchev–Trinajstić information content (AvgIpc) is 2.45. The number of carbonyl (C=O) groups is 1. The lowest BCUT2D eigenvalue weighted by Crippen LogP contribution is -2.29. The first kappa shape index (κ1) is 14.5. The Morgan fingerprint density at radius 3 is 2.89 bits per heavy atom. The molecule has 1 aromatic carbocycles. The van der Waals surface area contributed by atoms with Crippen molar-refractivity contribution in [2.75, 3.05) is 13.7 Å². The summed E-state index contributed by atoms with van der Waals surface area (Å²) in [4.78, 5) is 12.0. The van der Waals surface area contributed by atoms with Gasteiger partial charge < -0.3 is 9.47 Å². The molecule has 2 unspecified atom stereocenters. The molecular weight excluding hydrogens is 264 g/mol. The fourth-order valence-electron chi connectivity index (χ4n) is 2.41. The van der Waals surface area contributed by atoms with Crippen molar-refractivity contribution in [3.8, 4) is 0 Å². The molecule has 1 fully saturated rings. The lowest BCUT2D eigenvalue weighted by Gasteiger charge is -2.27. The summed E-state index contributed by atoms with van der Waals surface area (Å²) in [5.41, 5.74) is 0.603. The smallest absolute Gasteiger partial charge is 0.188 e. The number of hydrogen-bond acceptors (Lipinski definition) is 3. The largest absolute Gasteiger partial charge is 0.381 e. The van der Waals surface area contributed by atoms with Crippen molar-refractivity contribution in [1.82, 2.24) is 0 Å². The van der Waals surface area contributed by atoms with Crippen LogP contribution in [0.1, 0.15) is 36.0 Å². The molecule has 2 atom stereocenters. The monoisotopic (exact) mass is 282 g/mol. The number of ether oxygens (including phenoxy) is 2. The second-order valence-electron chi connectivity index (χ2n) is 4.89. The summed E-state index contributed by atoms with van der Waals surface area (Å²) in [6.07, 6.45) is 4.44. The molecule has 0 saturated heterocycles. The van der Waals surface area contributed by atoms with Gasteiger partial charge >= 0.3 is 0 Å². The van der Waals surface area contributed by atoms with Crippen LogP contribution in [-0.2, 0) is 9.47 Å². The van der Waals surface area contributed by atoms with Gasteiger partial charge in [0.1, 0.15) is 6.61 Å². The summed E-state index contributed by atoms with van der Waals surface area (Å²) in [5.74, 6) is -0.0259. The highest BCUT2D eigenvalue weighted by Gasteiger charge is 2.23. The maximum atomic E-state index is 12.0. The Hall–Kier alpha value is -0.900. The van der Waals surface area contributed by atoms with E-state index in [-0.39, 0.29) is 24.6 Å². The maximum absolute atomic E-state index is 12.0. The highest BCUT2D eigenvalue weighted by molar-refractivity contribution is 6.31. The Kier molecular flexibility index (Phi) is 5.37. The number of hydrogen-bond donors (Lipinski definition) is 0. The second-order valence-corrected chi connectivity index (χ2v) is 5.33. The average molecular weight is 283 g/mol. The van der Waals surface area contributed by atoms with E-state index < -0.39 is 0 Å². The van der Waals surface area contributed by atoms with Crippen LogP contribution in [0.2, 0.25) is 5.02 Å². The van der Waals surface area contributed by atoms with Gasteiger partial charge in [0.25, 0.3) is 0 Å². The molecule has 3 nitrogen and oxygen atoms in total. The molecule has 0 aliphatic heterocycles. The fourth-order valence-corrected chi connectivity index (χ4v) is 2.60. The van der Waals surface area contributed by atoms with Crippen LogP contribution in [0.4, 0.5) is 0 Å². The van der Waals surface area contributed by atoms with Gasteiger partial charge in [0.2, 0.25) is 0 Å². The van der Waals surface area contributed by atoms with Gasteiger partial charge in [-0.15, -0.1) is 0 Å². The summed E-state index contributed by atoms with van der Waals surface area (Å²) < 4.78 is 11.0. The molecular formula is C15H19ClO3. The first-order chi connectivity index (χ1) is 9.19. The minimum Gasteiger partial charge on any atom is -0.381 e. The van der Waals surface area contributed by atoms with Crippen molar-refractivity contribution in [1.29, 1.82) is 0 Å². The molecule has 0 heterocycles. The Morgan fingerprint density at radius 1 is 1.37 bits per heavy atom. The van der Waals surface area contributed by atoms with Gasteiger partial charge in [-0.05, 0) is 37.8 Å². The predicted molar refractivity (Wildman–Crippen MR) is 74.8 cm³/mol. The van der Waals surface area contributed by atoms with Gasteiger partial charge in [0, 0.05) is 17.7 Å². The van der Waals surface area contributed by atoms with Crippen molar-refractivity contribution in [2.24, 2.45) is 0 Å². The quantitative estimate of drug-likeness (QED) is 0.776. The van der Waals surface area contributed by atoms with E-state index in [9.17, 15) is 4.79 Å². The Morgan fingerprint density at radius 2 is 2.16 bits per heavy atom. The van der Waals surface area contributed by atoms with Crippen LogP contribution in [0.25, 0.3) is 0 Å². The van der Waals surface area contributed by atoms with Crippen LogP contribution in [0.15, 0.2) is 24.3 Å². The van der Waals surface area contributed by atoms with Gasteiger partial charge in [0.05, 0.1) is 12.2 Å². The number of methoxy groups -OCH3 is 1. The highest BCUT2D eigenvalue weighted by atomic mass is 35.5. The molecule has 1 saturated carbocycles. The minimum atomic E-state index is -0.0259. The van der Waals surface area contributed by atoms with E-state index in [1.165, 1.54) is 0 Å². The number of carbonyl (C=O) groups excluding carboxylic acids is 1. The molecule has 4 heteroatoms. The van der Waals surface area contributed by atoms with E-state index in [0.29, 0.717) is 10.6 Å². The normalized spacial score (nSPS) is 23.3. The van der Waals surface area contributed by atoms with Crippen LogP contribution in [0.5, 0.6) is 0 Å². The third-order valence-electron chi connectivity index (χ3n) is 3.51. The van der Waals surface area contributed by atoms with Crippen LogP contribution < -0.4 is 0 Å². The van der Waals surface area contributed by atoms with Gasteiger partial charge in [-0.25, -0.2) is 0 Å². The summed E-state index contributed by atoms with van der Waals surface area (Å²) >= 11 is 5.87. The van der Waals surface area contributed by atoms with Gasteiger partial charge in [-0.1, -0.05) is 23.7 Å². The zero-order valence-corrected chi connectivity index (χ0v) is 11.9. The van der Waals surface area contributed by atoms with Crippen LogP contribution >= 0.6 is 11.6 Å². The molecule has 0 aromatic heterocycles. The Bertz CT molecular complexity index is 433. The van der Waals surface area contributed by atoms with Crippen LogP contribution in [0.3, 0.4) is 0 Å². The number of rotatable bonds is 5. The van der Waals surface area contributed by atoms with Crippen molar-refractivity contribution < 1.29 is 14.3 Å². The summed E-state index contributed by atoms with van der Waals surface area (Å²) in [6.45, 7) is 0.113.